The van der Waals surface area contributed by atoms with Crippen LogP contribution in [0.2, 0.25) is 0 Å². The first kappa shape index (κ1) is 21.5. The van der Waals surface area contributed by atoms with Crippen LogP contribution in [0.5, 0.6) is 0 Å². The van der Waals surface area contributed by atoms with Crippen LogP contribution in [0.15, 0.2) is 41.3 Å². The lowest BCUT2D eigenvalue weighted by Crippen LogP contribution is -2.52. The standard InChI is InChI=1S/C22H24FN3O4S/c1-14-3-4-15(2)20(11-14)31(29,30)26-9-7-25(8-10-26)22(28)18-13-21(27)24-19-12-16(23)5-6-17(18)19/h3-6,11-12,18H,7-10,13H2,1-2H3,(H,24,27). The predicted octanol–water partition coefficient (Wildman–Crippen LogP) is 2.40. The molecule has 2 heterocycles. The number of hydrogen-bond donors (Lipinski definition) is 1. The van der Waals surface area contributed by atoms with Crippen LogP contribution in [0.25, 0.3) is 0 Å². The summed E-state index contributed by atoms with van der Waals surface area (Å²) in [7, 11) is -3.66. The first-order valence-corrected chi connectivity index (χ1v) is 11.6. The van der Waals surface area contributed by atoms with Gasteiger partial charge in [-0.3, -0.25) is 9.59 Å². The van der Waals surface area contributed by atoms with E-state index in [9.17, 15) is 22.4 Å². The SMILES string of the molecule is Cc1ccc(C)c(S(=O)(=O)N2CCN(C(=O)C3CC(=O)Nc4cc(F)ccc43)CC2)c1. The van der Waals surface area contributed by atoms with Gasteiger partial charge in [0.25, 0.3) is 0 Å². The minimum Gasteiger partial charge on any atom is -0.340 e. The summed E-state index contributed by atoms with van der Waals surface area (Å²) in [6, 6.07) is 9.32. The van der Waals surface area contributed by atoms with Crippen LogP contribution >= 0.6 is 0 Å². The number of nitrogens with one attached hydrogen (secondary N) is 1. The van der Waals surface area contributed by atoms with Gasteiger partial charge in [-0.15, -0.1) is 0 Å². The third-order valence-electron chi connectivity index (χ3n) is 5.86. The zero-order chi connectivity index (χ0) is 22.3. The van der Waals surface area contributed by atoms with E-state index < -0.39 is 21.8 Å². The Labute approximate surface area is 180 Å². The van der Waals surface area contributed by atoms with Crippen molar-refractivity contribution in [2.45, 2.75) is 31.1 Å². The van der Waals surface area contributed by atoms with Crippen molar-refractivity contribution in [1.29, 1.82) is 0 Å². The Hall–Kier alpha value is -2.78. The molecule has 9 heteroatoms. The van der Waals surface area contributed by atoms with E-state index in [2.05, 4.69) is 5.32 Å². The number of rotatable bonds is 3. The van der Waals surface area contributed by atoms with Crippen molar-refractivity contribution in [3.63, 3.8) is 0 Å². The molecule has 0 radical (unpaired) electrons. The number of nitrogens with zero attached hydrogens (tertiary/aromatic N) is 2. The number of carbonyl (C=O) groups is 2. The molecule has 0 saturated carbocycles. The van der Waals surface area contributed by atoms with Crippen LogP contribution < -0.4 is 5.32 Å². The van der Waals surface area contributed by atoms with Gasteiger partial charge in [0.1, 0.15) is 5.82 Å². The summed E-state index contributed by atoms with van der Waals surface area (Å²) in [5.74, 6) is -1.77. The summed E-state index contributed by atoms with van der Waals surface area (Å²) < 4.78 is 41.2. The Kier molecular flexibility index (Phi) is 5.57. The normalized spacial score (nSPS) is 19.6. The maximum absolute atomic E-state index is 13.5. The van der Waals surface area contributed by atoms with Gasteiger partial charge in [-0.2, -0.15) is 4.31 Å². The Morgan fingerprint density at radius 1 is 1.06 bits per heavy atom. The van der Waals surface area contributed by atoms with Gasteiger partial charge < -0.3 is 10.2 Å². The fraction of sp³-hybridized carbons (Fsp3) is 0.364. The molecule has 1 saturated heterocycles. The number of benzene rings is 2. The van der Waals surface area contributed by atoms with E-state index in [0.717, 1.165) is 5.56 Å². The Bertz CT molecular complexity index is 1160. The topological polar surface area (TPSA) is 86.8 Å². The van der Waals surface area contributed by atoms with Crippen molar-refractivity contribution in [2.24, 2.45) is 0 Å². The van der Waals surface area contributed by atoms with Crippen LogP contribution in [-0.2, 0) is 19.6 Å². The van der Waals surface area contributed by atoms with E-state index in [4.69, 9.17) is 0 Å². The monoisotopic (exact) mass is 445 g/mol. The van der Waals surface area contributed by atoms with Gasteiger partial charge in [0.2, 0.25) is 21.8 Å². The van der Waals surface area contributed by atoms with Crippen LogP contribution in [-0.4, -0.2) is 55.6 Å². The molecule has 4 rings (SSSR count). The van der Waals surface area contributed by atoms with Gasteiger partial charge in [0, 0.05) is 38.3 Å². The zero-order valence-corrected chi connectivity index (χ0v) is 18.2. The summed E-state index contributed by atoms with van der Waals surface area (Å²) in [5.41, 5.74) is 2.44. The molecule has 31 heavy (non-hydrogen) atoms. The first-order chi connectivity index (χ1) is 14.7. The molecule has 1 fully saturated rings. The molecule has 2 aliphatic rings. The molecule has 0 aromatic heterocycles. The number of fused-ring (bicyclic) bond motifs is 1. The second kappa shape index (κ2) is 8.05. The van der Waals surface area contributed by atoms with Gasteiger partial charge in [-0.25, -0.2) is 12.8 Å². The second-order valence-electron chi connectivity index (χ2n) is 8.03. The highest BCUT2D eigenvalue weighted by atomic mass is 32.2. The summed E-state index contributed by atoms with van der Waals surface area (Å²) in [6.07, 6.45) is -0.0154. The molecular formula is C22H24FN3O4S. The average Bonchev–Trinajstić information content (AvgIpc) is 2.74. The number of amides is 2. The van der Waals surface area contributed by atoms with E-state index in [0.29, 0.717) is 16.8 Å². The molecule has 7 nitrogen and oxygen atoms in total. The zero-order valence-electron chi connectivity index (χ0n) is 17.4. The molecule has 2 aromatic carbocycles. The molecule has 0 spiro atoms. The summed E-state index contributed by atoms with van der Waals surface area (Å²) in [4.78, 5) is 27.1. The third-order valence-corrected chi connectivity index (χ3v) is 7.90. The van der Waals surface area contributed by atoms with Crippen molar-refractivity contribution in [3.05, 3.63) is 58.9 Å². The van der Waals surface area contributed by atoms with E-state index in [1.165, 1.54) is 22.5 Å². The van der Waals surface area contributed by atoms with Crippen molar-refractivity contribution in [3.8, 4) is 0 Å². The lowest BCUT2D eigenvalue weighted by Gasteiger charge is -2.37. The highest BCUT2D eigenvalue weighted by Gasteiger charge is 2.37. The molecule has 1 unspecified atom stereocenters. The lowest BCUT2D eigenvalue weighted by atomic mass is 9.89. The van der Waals surface area contributed by atoms with Crippen molar-refractivity contribution >= 4 is 27.5 Å². The molecule has 1 atom stereocenters. The van der Waals surface area contributed by atoms with Crippen LogP contribution in [0.1, 0.15) is 29.0 Å². The van der Waals surface area contributed by atoms with E-state index in [1.807, 2.05) is 13.0 Å². The molecule has 0 aliphatic carbocycles. The Balaban J connectivity index is 1.50. The number of piperazine rings is 1. The molecular weight excluding hydrogens is 421 g/mol. The van der Waals surface area contributed by atoms with Crippen molar-refractivity contribution in [1.82, 2.24) is 9.21 Å². The molecule has 164 valence electrons. The van der Waals surface area contributed by atoms with E-state index >= 15 is 0 Å². The minimum atomic E-state index is -3.66. The quantitative estimate of drug-likeness (QED) is 0.786. The van der Waals surface area contributed by atoms with Gasteiger partial charge in [0.15, 0.2) is 0 Å². The lowest BCUT2D eigenvalue weighted by molar-refractivity contribution is -0.136. The first-order valence-electron chi connectivity index (χ1n) is 10.1. The smallest absolute Gasteiger partial charge is 0.243 e. The number of carbonyl (C=O) groups excluding carboxylic acids is 2. The maximum Gasteiger partial charge on any atom is 0.243 e. The Morgan fingerprint density at radius 2 is 1.77 bits per heavy atom. The van der Waals surface area contributed by atoms with Crippen molar-refractivity contribution in [2.75, 3.05) is 31.5 Å². The van der Waals surface area contributed by atoms with Crippen LogP contribution in [0, 0.1) is 19.7 Å². The number of hydrogen-bond acceptors (Lipinski definition) is 4. The van der Waals surface area contributed by atoms with Gasteiger partial charge >= 0.3 is 0 Å². The van der Waals surface area contributed by atoms with Crippen LogP contribution in [0.3, 0.4) is 0 Å². The Morgan fingerprint density at radius 3 is 2.48 bits per heavy atom. The molecule has 2 aromatic rings. The fourth-order valence-corrected chi connectivity index (χ4v) is 5.88. The fourth-order valence-electron chi connectivity index (χ4n) is 4.15. The molecule has 2 amide bonds. The highest BCUT2D eigenvalue weighted by molar-refractivity contribution is 7.89. The second-order valence-corrected chi connectivity index (χ2v) is 9.94. The summed E-state index contributed by atoms with van der Waals surface area (Å²) >= 11 is 0. The number of sulfonamides is 1. The maximum atomic E-state index is 13.5. The van der Waals surface area contributed by atoms with E-state index in [1.54, 1.807) is 24.0 Å². The van der Waals surface area contributed by atoms with Gasteiger partial charge in [-0.05, 0) is 48.7 Å². The predicted molar refractivity (Wildman–Crippen MR) is 114 cm³/mol. The highest BCUT2D eigenvalue weighted by Crippen LogP contribution is 2.34. The average molecular weight is 446 g/mol. The van der Waals surface area contributed by atoms with E-state index in [-0.39, 0.29) is 49.3 Å². The number of halogens is 1. The van der Waals surface area contributed by atoms with Crippen LogP contribution in [0.4, 0.5) is 10.1 Å². The number of aryl methyl sites for hydroxylation is 2. The van der Waals surface area contributed by atoms with Crippen molar-refractivity contribution < 1.29 is 22.4 Å². The largest absolute Gasteiger partial charge is 0.340 e. The van der Waals surface area contributed by atoms with Gasteiger partial charge in [-0.1, -0.05) is 18.2 Å². The summed E-state index contributed by atoms with van der Waals surface area (Å²) in [5, 5.41) is 2.61. The summed E-state index contributed by atoms with van der Waals surface area (Å²) in [6.45, 7) is 4.43. The molecule has 0 bridgehead atoms. The molecule has 1 N–H and O–H groups in total. The molecule has 2 aliphatic heterocycles. The minimum absolute atomic E-state index is 0.0154. The van der Waals surface area contributed by atoms with Gasteiger partial charge in [0.05, 0.1) is 10.8 Å². The third kappa shape index (κ3) is 4.07. The number of anilines is 1.